The second kappa shape index (κ2) is 6.17. The molecular weight excluding hydrogens is 277 g/mol. The maximum atomic E-state index is 13.7. The summed E-state index contributed by atoms with van der Waals surface area (Å²) in [6.45, 7) is 0. The SMILES string of the molecule is NC1(CC(=O)Nc2c(F)cccc2[N+](=O)[O-])CCCCC1. The molecule has 0 heterocycles. The minimum atomic E-state index is -0.827. The minimum Gasteiger partial charge on any atom is -0.325 e. The van der Waals surface area contributed by atoms with Crippen LogP contribution in [0.3, 0.4) is 0 Å². The van der Waals surface area contributed by atoms with E-state index < -0.39 is 33.6 Å². The Morgan fingerprint density at radius 1 is 1.38 bits per heavy atom. The van der Waals surface area contributed by atoms with Crippen molar-refractivity contribution in [1.29, 1.82) is 0 Å². The Morgan fingerprint density at radius 3 is 2.67 bits per heavy atom. The molecule has 0 spiro atoms. The van der Waals surface area contributed by atoms with Crippen LogP contribution in [-0.4, -0.2) is 16.4 Å². The number of carbonyl (C=O) groups is 1. The molecule has 0 aromatic heterocycles. The maximum absolute atomic E-state index is 13.7. The highest BCUT2D eigenvalue weighted by Gasteiger charge is 2.31. The van der Waals surface area contributed by atoms with Crippen LogP contribution < -0.4 is 11.1 Å². The van der Waals surface area contributed by atoms with E-state index in [4.69, 9.17) is 5.73 Å². The number of rotatable bonds is 4. The van der Waals surface area contributed by atoms with Gasteiger partial charge in [0.15, 0.2) is 11.5 Å². The molecule has 1 saturated carbocycles. The van der Waals surface area contributed by atoms with Crippen molar-refractivity contribution in [3.8, 4) is 0 Å². The first kappa shape index (κ1) is 15.4. The van der Waals surface area contributed by atoms with E-state index >= 15 is 0 Å². The van der Waals surface area contributed by atoms with Crippen molar-refractivity contribution in [3.63, 3.8) is 0 Å². The van der Waals surface area contributed by atoms with Crippen molar-refractivity contribution >= 4 is 17.3 Å². The number of nitrogens with one attached hydrogen (secondary N) is 1. The lowest BCUT2D eigenvalue weighted by molar-refractivity contribution is -0.384. The molecule has 1 amide bonds. The molecule has 1 fully saturated rings. The molecule has 0 saturated heterocycles. The second-order valence-corrected chi connectivity index (χ2v) is 5.54. The lowest BCUT2D eigenvalue weighted by Gasteiger charge is -2.32. The first-order valence-electron chi connectivity index (χ1n) is 6.93. The lowest BCUT2D eigenvalue weighted by Crippen LogP contribution is -2.44. The smallest absolute Gasteiger partial charge is 0.295 e. The number of benzene rings is 1. The van der Waals surface area contributed by atoms with Crippen LogP contribution in [0.2, 0.25) is 0 Å². The Bertz CT molecular complexity index is 556. The topological polar surface area (TPSA) is 98.3 Å². The Labute approximate surface area is 121 Å². The third-order valence-electron chi connectivity index (χ3n) is 3.81. The van der Waals surface area contributed by atoms with Gasteiger partial charge in [-0.05, 0) is 18.9 Å². The highest BCUT2D eigenvalue weighted by molar-refractivity contribution is 5.93. The van der Waals surface area contributed by atoms with E-state index in [0.717, 1.165) is 44.2 Å². The van der Waals surface area contributed by atoms with Crippen molar-refractivity contribution in [2.75, 3.05) is 5.32 Å². The first-order valence-corrected chi connectivity index (χ1v) is 6.93. The van der Waals surface area contributed by atoms with Gasteiger partial charge in [-0.1, -0.05) is 25.3 Å². The molecule has 1 aliphatic carbocycles. The van der Waals surface area contributed by atoms with Gasteiger partial charge in [-0.15, -0.1) is 0 Å². The van der Waals surface area contributed by atoms with E-state index in [0.29, 0.717) is 0 Å². The van der Waals surface area contributed by atoms with E-state index in [-0.39, 0.29) is 6.42 Å². The van der Waals surface area contributed by atoms with Gasteiger partial charge >= 0.3 is 0 Å². The summed E-state index contributed by atoms with van der Waals surface area (Å²) in [6.07, 6.45) is 4.53. The molecule has 3 N–H and O–H groups in total. The summed E-state index contributed by atoms with van der Waals surface area (Å²) >= 11 is 0. The number of anilines is 1. The van der Waals surface area contributed by atoms with E-state index in [1.807, 2.05) is 0 Å². The number of para-hydroxylation sites is 1. The summed E-state index contributed by atoms with van der Waals surface area (Å²) in [4.78, 5) is 22.2. The number of hydrogen-bond donors (Lipinski definition) is 2. The molecule has 7 heteroatoms. The van der Waals surface area contributed by atoms with Gasteiger partial charge in [-0.3, -0.25) is 14.9 Å². The molecule has 0 radical (unpaired) electrons. The normalized spacial score (nSPS) is 17.2. The number of amides is 1. The standard InChI is InChI=1S/C14H18FN3O3/c15-10-5-4-6-11(18(20)21)13(10)17-12(19)9-14(16)7-2-1-3-8-14/h4-6H,1-3,7-9,16H2,(H,17,19). The number of nitrogens with zero attached hydrogens (tertiary/aromatic N) is 1. The van der Waals surface area contributed by atoms with Gasteiger partial charge in [0.1, 0.15) is 0 Å². The molecule has 21 heavy (non-hydrogen) atoms. The summed E-state index contributed by atoms with van der Waals surface area (Å²) < 4.78 is 13.7. The summed E-state index contributed by atoms with van der Waals surface area (Å²) in [5, 5.41) is 13.2. The van der Waals surface area contributed by atoms with Crippen molar-refractivity contribution in [2.45, 2.75) is 44.1 Å². The molecule has 1 aliphatic rings. The van der Waals surface area contributed by atoms with Gasteiger partial charge in [0.05, 0.1) is 4.92 Å². The molecule has 1 aromatic carbocycles. The van der Waals surface area contributed by atoms with Crippen LogP contribution in [0.1, 0.15) is 38.5 Å². The van der Waals surface area contributed by atoms with E-state index in [2.05, 4.69) is 5.32 Å². The summed E-state index contributed by atoms with van der Waals surface area (Å²) in [7, 11) is 0. The van der Waals surface area contributed by atoms with Gasteiger partial charge in [-0.25, -0.2) is 4.39 Å². The molecular formula is C14H18FN3O3. The minimum absolute atomic E-state index is 0.0402. The third kappa shape index (κ3) is 3.75. The Hall–Kier alpha value is -2.02. The lowest BCUT2D eigenvalue weighted by atomic mass is 9.80. The Morgan fingerprint density at radius 2 is 2.05 bits per heavy atom. The number of hydrogen-bond acceptors (Lipinski definition) is 4. The van der Waals surface area contributed by atoms with E-state index in [9.17, 15) is 19.3 Å². The van der Waals surface area contributed by atoms with Crippen LogP contribution in [-0.2, 0) is 4.79 Å². The predicted octanol–water partition coefficient (Wildman–Crippen LogP) is 2.72. The molecule has 1 aromatic rings. The molecule has 0 bridgehead atoms. The Kier molecular flexibility index (Phi) is 4.52. The van der Waals surface area contributed by atoms with Crippen molar-refractivity contribution in [2.24, 2.45) is 5.73 Å². The number of halogens is 1. The molecule has 0 unspecified atom stereocenters. The van der Waals surface area contributed by atoms with E-state index in [1.54, 1.807) is 0 Å². The molecule has 2 rings (SSSR count). The largest absolute Gasteiger partial charge is 0.325 e. The average molecular weight is 295 g/mol. The van der Waals surface area contributed by atoms with E-state index in [1.165, 1.54) is 6.07 Å². The maximum Gasteiger partial charge on any atom is 0.295 e. The van der Waals surface area contributed by atoms with Crippen LogP contribution in [0, 0.1) is 15.9 Å². The molecule has 0 aliphatic heterocycles. The summed E-state index contributed by atoms with van der Waals surface area (Å²) in [6, 6.07) is 3.45. The predicted molar refractivity (Wildman–Crippen MR) is 76.3 cm³/mol. The third-order valence-corrected chi connectivity index (χ3v) is 3.81. The van der Waals surface area contributed by atoms with Crippen molar-refractivity contribution in [3.05, 3.63) is 34.1 Å². The Balaban J connectivity index is 2.11. The molecule has 6 nitrogen and oxygen atoms in total. The number of carbonyl (C=O) groups excluding carboxylic acids is 1. The summed E-state index contributed by atoms with van der Waals surface area (Å²) in [5.41, 5.74) is 4.71. The average Bonchev–Trinajstić information content (AvgIpc) is 2.41. The summed E-state index contributed by atoms with van der Waals surface area (Å²) in [5.74, 6) is -1.32. The van der Waals surface area contributed by atoms with Gasteiger partial charge in [0.25, 0.3) is 5.69 Å². The monoisotopic (exact) mass is 295 g/mol. The fourth-order valence-corrected chi connectivity index (χ4v) is 2.72. The van der Waals surface area contributed by atoms with Gasteiger partial charge < -0.3 is 11.1 Å². The van der Waals surface area contributed by atoms with Crippen molar-refractivity contribution < 1.29 is 14.1 Å². The highest BCUT2D eigenvalue weighted by atomic mass is 19.1. The quantitative estimate of drug-likeness (QED) is 0.659. The van der Waals surface area contributed by atoms with Gasteiger partial charge in [0.2, 0.25) is 5.91 Å². The number of nitro benzene ring substituents is 1. The van der Waals surface area contributed by atoms with Crippen LogP contribution >= 0.6 is 0 Å². The second-order valence-electron chi connectivity index (χ2n) is 5.54. The fourth-order valence-electron chi connectivity index (χ4n) is 2.72. The number of nitro groups is 1. The molecule has 114 valence electrons. The van der Waals surface area contributed by atoms with Crippen molar-refractivity contribution in [1.82, 2.24) is 0 Å². The zero-order valence-corrected chi connectivity index (χ0v) is 11.6. The van der Waals surface area contributed by atoms with Gasteiger partial charge in [-0.2, -0.15) is 0 Å². The van der Waals surface area contributed by atoms with Crippen LogP contribution in [0.15, 0.2) is 18.2 Å². The highest BCUT2D eigenvalue weighted by Crippen LogP contribution is 2.31. The van der Waals surface area contributed by atoms with Crippen LogP contribution in [0.4, 0.5) is 15.8 Å². The first-order chi connectivity index (χ1) is 9.91. The number of nitrogens with two attached hydrogens (primary N) is 1. The van der Waals surface area contributed by atoms with Gasteiger partial charge in [0, 0.05) is 18.0 Å². The fraction of sp³-hybridized carbons (Fsp3) is 0.500. The molecule has 0 atom stereocenters. The zero-order valence-electron chi connectivity index (χ0n) is 11.6. The zero-order chi connectivity index (χ0) is 15.5. The van der Waals surface area contributed by atoms with Crippen LogP contribution in [0.5, 0.6) is 0 Å². The van der Waals surface area contributed by atoms with Crippen LogP contribution in [0.25, 0.3) is 0 Å².